The van der Waals surface area contributed by atoms with Crippen molar-refractivity contribution < 1.29 is 80.2 Å². The molecular weight excluding hydrogens is 1260 g/mol. The molecule has 0 aromatic heterocycles. The third-order valence-electron chi connectivity index (χ3n) is 16.8. The second kappa shape index (κ2) is 70.5. The van der Waals surface area contributed by atoms with E-state index in [0.29, 0.717) is 25.7 Å². The molecule has 3 N–H and O–H groups in total. The standard InChI is InChI=1S/C77H142O17P2/c1-5-9-13-17-21-25-29-33-35-39-42-46-50-54-58-62-75(80)88-68-72(93-76(81)63-59-55-51-47-43-38-32-28-24-20-16-12-8-4)69-91-95(83,84)89-65-71(78)66-90-96(85,86)92-70-73(67-87-74(79)61-57-53-49-45-41-37-31-27-23-19-15-11-7-3)94-77(82)64-60-56-52-48-44-40-36-34-30-26-22-18-14-10-6-2/h21,25-26,30,33-36,71-73,78H,5-20,22-24,27-29,31-32,37-70H2,1-4H3,(H,83,84)(H,85,86)/b25-21-,30-26-,35-33-,36-34-/t71-,72-,73-/m1/s1. The Bertz CT molecular complexity index is 2010. The van der Waals surface area contributed by atoms with Gasteiger partial charge in [-0.15, -0.1) is 0 Å². The van der Waals surface area contributed by atoms with E-state index in [9.17, 15) is 43.2 Å². The van der Waals surface area contributed by atoms with Gasteiger partial charge in [0.2, 0.25) is 0 Å². The number of phosphoric ester groups is 2. The quantitative estimate of drug-likeness (QED) is 0.0128. The summed E-state index contributed by atoms with van der Waals surface area (Å²) in [5.41, 5.74) is 0. The van der Waals surface area contributed by atoms with Gasteiger partial charge >= 0.3 is 39.5 Å². The lowest BCUT2D eigenvalue weighted by molar-refractivity contribution is -0.161. The normalized spacial score (nSPS) is 14.2. The number of hydrogen-bond donors (Lipinski definition) is 3. The van der Waals surface area contributed by atoms with E-state index in [0.717, 1.165) is 128 Å². The van der Waals surface area contributed by atoms with Crippen molar-refractivity contribution in [3.63, 3.8) is 0 Å². The maximum absolute atomic E-state index is 13.1. The van der Waals surface area contributed by atoms with E-state index in [1.165, 1.54) is 154 Å². The lowest BCUT2D eigenvalue weighted by Gasteiger charge is -2.21. The van der Waals surface area contributed by atoms with Gasteiger partial charge in [-0.25, -0.2) is 9.13 Å². The average Bonchev–Trinajstić information content (AvgIpc) is 1.17. The Morgan fingerprint density at radius 3 is 0.865 bits per heavy atom. The second-order valence-electron chi connectivity index (χ2n) is 26.3. The van der Waals surface area contributed by atoms with Gasteiger partial charge in [-0.2, -0.15) is 0 Å². The summed E-state index contributed by atoms with van der Waals surface area (Å²) in [4.78, 5) is 72.8. The predicted octanol–water partition coefficient (Wildman–Crippen LogP) is 22.1. The van der Waals surface area contributed by atoms with Gasteiger partial charge in [0.15, 0.2) is 12.2 Å². The van der Waals surface area contributed by atoms with Crippen molar-refractivity contribution in [1.29, 1.82) is 0 Å². The summed E-state index contributed by atoms with van der Waals surface area (Å²) in [6, 6.07) is 0. The molecule has 0 rings (SSSR count). The molecule has 562 valence electrons. The number of aliphatic hydroxyl groups is 1. The fraction of sp³-hybridized carbons (Fsp3) is 0.844. The molecule has 0 aliphatic carbocycles. The predicted molar refractivity (Wildman–Crippen MR) is 390 cm³/mol. The minimum absolute atomic E-state index is 0.0836. The summed E-state index contributed by atoms with van der Waals surface area (Å²) in [7, 11) is -9.93. The molecule has 0 aliphatic heterocycles. The van der Waals surface area contributed by atoms with Crippen molar-refractivity contribution in [2.45, 2.75) is 380 Å². The van der Waals surface area contributed by atoms with E-state index < -0.39 is 97.5 Å². The molecule has 17 nitrogen and oxygen atoms in total. The fourth-order valence-electron chi connectivity index (χ4n) is 10.8. The first kappa shape index (κ1) is 93.0. The maximum Gasteiger partial charge on any atom is 0.472 e. The molecule has 0 saturated heterocycles. The van der Waals surface area contributed by atoms with Crippen LogP contribution in [0.3, 0.4) is 0 Å². The van der Waals surface area contributed by atoms with Crippen LogP contribution >= 0.6 is 15.6 Å². The Hall–Kier alpha value is -2.98. The summed E-state index contributed by atoms with van der Waals surface area (Å²) in [6.45, 7) is 4.86. The van der Waals surface area contributed by atoms with E-state index in [-0.39, 0.29) is 25.7 Å². The van der Waals surface area contributed by atoms with Crippen LogP contribution in [-0.2, 0) is 65.4 Å². The van der Waals surface area contributed by atoms with Crippen LogP contribution in [0.2, 0.25) is 0 Å². The van der Waals surface area contributed by atoms with Gasteiger partial charge in [0.25, 0.3) is 0 Å². The highest BCUT2D eigenvalue weighted by Gasteiger charge is 2.30. The summed E-state index contributed by atoms with van der Waals surface area (Å²) in [6.07, 6.45) is 66.6. The third kappa shape index (κ3) is 69.5. The van der Waals surface area contributed by atoms with Gasteiger partial charge in [0.05, 0.1) is 26.4 Å². The van der Waals surface area contributed by atoms with Crippen LogP contribution in [0, 0.1) is 0 Å². The molecular formula is C77H142O17P2. The van der Waals surface area contributed by atoms with Gasteiger partial charge in [-0.3, -0.25) is 37.3 Å². The molecule has 2 unspecified atom stereocenters. The molecule has 96 heavy (non-hydrogen) atoms. The van der Waals surface area contributed by atoms with Gasteiger partial charge < -0.3 is 33.8 Å². The highest BCUT2D eigenvalue weighted by Crippen LogP contribution is 2.45. The van der Waals surface area contributed by atoms with Crippen LogP contribution in [0.5, 0.6) is 0 Å². The minimum Gasteiger partial charge on any atom is -0.462 e. The van der Waals surface area contributed by atoms with E-state index in [2.05, 4.69) is 76.3 Å². The van der Waals surface area contributed by atoms with E-state index >= 15 is 0 Å². The van der Waals surface area contributed by atoms with Crippen LogP contribution in [0.25, 0.3) is 0 Å². The molecule has 0 saturated carbocycles. The van der Waals surface area contributed by atoms with Crippen molar-refractivity contribution in [1.82, 2.24) is 0 Å². The number of phosphoric acid groups is 2. The number of unbranched alkanes of at least 4 members (excludes halogenated alkanes) is 41. The largest absolute Gasteiger partial charge is 0.472 e. The van der Waals surface area contributed by atoms with Crippen LogP contribution in [-0.4, -0.2) is 96.7 Å². The molecule has 0 spiro atoms. The van der Waals surface area contributed by atoms with Crippen molar-refractivity contribution in [2.24, 2.45) is 0 Å². The van der Waals surface area contributed by atoms with Gasteiger partial charge in [0.1, 0.15) is 19.3 Å². The number of allylic oxidation sites excluding steroid dienone is 8. The Morgan fingerprint density at radius 1 is 0.302 bits per heavy atom. The second-order valence-corrected chi connectivity index (χ2v) is 29.2. The van der Waals surface area contributed by atoms with Crippen LogP contribution in [0.1, 0.15) is 362 Å². The Labute approximate surface area is 585 Å². The zero-order chi connectivity index (χ0) is 70.4. The number of ether oxygens (including phenoxy) is 4. The summed E-state index contributed by atoms with van der Waals surface area (Å²) < 4.78 is 68.5. The number of aliphatic hydroxyl groups excluding tert-OH is 1. The van der Waals surface area contributed by atoms with E-state index in [1.54, 1.807) is 0 Å². The molecule has 5 atom stereocenters. The first-order chi connectivity index (χ1) is 46.7. The van der Waals surface area contributed by atoms with Gasteiger partial charge in [0, 0.05) is 25.7 Å². The Morgan fingerprint density at radius 2 is 0.542 bits per heavy atom. The number of hydrogen-bond acceptors (Lipinski definition) is 15. The minimum atomic E-state index is -4.97. The number of carbonyl (C=O) groups excluding carboxylic acids is 4. The van der Waals surface area contributed by atoms with Crippen LogP contribution in [0.4, 0.5) is 0 Å². The van der Waals surface area contributed by atoms with Crippen molar-refractivity contribution >= 4 is 39.5 Å². The SMILES string of the molecule is CCCCC/C=C\C/C=C\CCCCCCCC(=O)OC[C@H](COP(=O)(O)OC[C@@H](O)COP(=O)(O)OC[C@@H](COC(=O)CCCCCCCCCCCCCCC)OC(=O)CCCCCCC/C=C\C=C/CCCCCC)OC(=O)CCCCCCCCCCCCCCC. The number of rotatable bonds is 74. The highest BCUT2D eigenvalue weighted by molar-refractivity contribution is 7.47. The van der Waals surface area contributed by atoms with E-state index in [4.69, 9.17) is 37.0 Å². The van der Waals surface area contributed by atoms with Crippen molar-refractivity contribution in [3.8, 4) is 0 Å². The average molecular weight is 1400 g/mol. The third-order valence-corrected chi connectivity index (χ3v) is 18.7. The zero-order valence-electron chi connectivity index (χ0n) is 61.3. The summed E-state index contributed by atoms with van der Waals surface area (Å²) >= 11 is 0. The molecule has 0 aromatic rings. The Kier molecular flexibility index (Phi) is 68.3. The maximum atomic E-state index is 13.1. The topological polar surface area (TPSA) is 237 Å². The monoisotopic (exact) mass is 1400 g/mol. The van der Waals surface area contributed by atoms with Crippen molar-refractivity contribution in [2.75, 3.05) is 39.6 Å². The summed E-state index contributed by atoms with van der Waals surface area (Å²) in [5, 5.41) is 10.6. The van der Waals surface area contributed by atoms with E-state index in [1.807, 2.05) is 0 Å². The molecule has 0 bridgehead atoms. The van der Waals surface area contributed by atoms with Gasteiger partial charge in [-0.1, -0.05) is 301 Å². The molecule has 0 fully saturated rings. The molecule has 0 heterocycles. The lowest BCUT2D eigenvalue weighted by atomic mass is 10.0. The Balaban J connectivity index is 5.33. The van der Waals surface area contributed by atoms with Crippen LogP contribution < -0.4 is 0 Å². The number of carbonyl (C=O) groups is 4. The van der Waals surface area contributed by atoms with Crippen molar-refractivity contribution in [3.05, 3.63) is 48.6 Å². The first-order valence-corrected chi connectivity index (χ1v) is 41.9. The van der Waals surface area contributed by atoms with Gasteiger partial charge in [-0.05, 0) is 83.5 Å². The first-order valence-electron chi connectivity index (χ1n) is 38.9. The molecule has 0 aromatic carbocycles. The molecule has 0 aliphatic rings. The molecule has 19 heteroatoms. The smallest absolute Gasteiger partial charge is 0.462 e. The number of esters is 4. The lowest BCUT2D eigenvalue weighted by Crippen LogP contribution is -2.30. The zero-order valence-corrected chi connectivity index (χ0v) is 63.1. The fourth-order valence-corrected chi connectivity index (χ4v) is 12.4. The summed E-state index contributed by atoms with van der Waals surface area (Å²) in [5.74, 6) is -2.17. The highest BCUT2D eigenvalue weighted by atomic mass is 31.2. The molecule has 0 amide bonds. The van der Waals surface area contributed by atoms with Crippen LogP contribution in [0.15, 0.2) is 48.6 Å². The molecule has 0 radical (unpaired) electrons.